The number of hydrogen-bond acceptors (Lipinski definition) is 3. The Morgan fingerprint density at radius 3 is 2.72 bits per heavy atom. The Bertz CT molecular complexity index is 391. The summed E-state index contributed by atoms with van der Waals surface area (Å²) < 4.78 is 0. The molecule has 0 bridgehead atoms. The molecule has 2 rings (SSSR count). The molecule has 2 heterocycles. The topological polar surface area (TPSA) is 36.4 Å². The Hall–Kier alpha value is -1.42. The third-order valence-corrected chi connectivity index (χ3v) is 3.43. The highest BCUT2D eigenvalue weighted by Crippen LogP contribution is 2.09. The molecule has 4 nitrogen and oxygen atoms in total. The fourth-order valence-corrected chi connectivity index (χ4v) is 2.31. The van der Waals surface area contributed by atoms with Crippen LogP contribution in [0.3, 0.4) is 0 Å². The molecule has 1 aliphatic heterocycles. The van der Waals surface area contributed by atoms with E-state index in [9.17, 15) is 4.79 Å². The number of aromatic nitrogens is 1. The van der Waals surface area contributed by atoms with Crippen molar-refractivity contribution < 1.29 is 4.79 Å². The first-order chi connectivity index (χ1) is 8.68. The Morgan fingerprint density at radius 2 is 2.06 bits per heavy atom. The maximum Gasteiger partial charge on any atom is 0.272 e. The van der Waals surface area contributed by atoms with E-state index < -0.39 is 0 Å². The second-order valence-corrected chi connectivity index (χ2v) is 4.99. The van der Waals surface area contributed by atoms with Crippen LogP contribution in [-0.2, 0) is 0 Å². The average Bonchev–Trinajstić information content (AvgIpc) is 2.64. The van der Waals surface area contributed by atoms with Gasteiger partial charge in [-0.25, -0.2) is 0 Å². The summed E-state index contributed by atoms with van der Waals surface area (Å²) >= 11 is 0. The van der Waals surface area contributed by atoms with Gasteiger partial charge in [0.1, 0.15) is 5.69 Å². The van der Waals surface area contributed by atoms with Crippen molar-refractivity contribution in [3.8, 4) is 0 Å². The number of carbonyl (C=O) groups is 1. The van der Waals surface area contributed by atoms with Gasteiger partial charge in [-0.1, -0.05) is 6.07 Å². The molecular weight excluding hydrogens is 226 g/mol. The summed E-state index contributed by atoms with van der Waals surface area (Å²) in [5, 5.41) is 0. The molecule has 0 radical (unpaired) electrons. The van der Waals surface area contributed by atoms with Gasteiger partial charge in [0, 0.05) is 38.4 Å². The van der Waals surface area contributed by atoms with Crippen LogP contribution in [0.15, 0.2) is 24.4 Å². The second kappa shape index (κ2) is 5.96. The van der Waals surface area contributed by atoms with Crippen molar-refractivity contribution in [1.82, 2.24) is 14.8 Å². The van der Waals surface area contributed by atoms with Crippen LogP contribution in [-0.4, -0.2) is 52.9 Å². The third-order valence-electron chi connectivity index (χ3n) is 3.43. The fraction of sp³-hybridized carbons (Fsp3) is 0.571. The molecule has 1 saturated heterocycles. The third kappa shape index (κ3) is 3.07. The van der Waals surface area contributed by atoms with Crippen molar-refractivity contribution in [1.29, 1.82) is 0 Å². The highest BCUT2D eigenvalue weighted by Gasteiger charge is 2.21. The molecule has 1 aromatic heterocycles. The predicted molar refractivity (Wildman–Crippen MR) is 71.5 cm³/mol. The molecule has 1 amide bonds. The minimum atomic E-state index is 0.0567. The first-order valence-electron chi connectivity index (χ1n) is 6.63. The van der Waals surface area contributed by atoms with Gasteiger partial charge in [0.2, 0.25) is 0 Å². The molecule has 1 fully saturated rings. The smallest absolute Gasteiger partial charge is 0.272 e. The molecule has 4 heteroatoms. The summed E-state index contributed by atoms with van der Waals surface area (Å²) in [4.78, 5) is 20.8. The largest absolute Gasteiger partial charge is 0.336 e. The van der Waals surface area contributed by atoms with E-state index >= 15 is 0 Å². The van der Waals surface area contributed by atoms with Crippen LogP contribution in [0.25, 0.3) is 0 Å². The van der Waals surface area contributed by atoms with Gasteiger partial charge in [0.25, 0.3) is 5.91 Å². The molecule has 1 aromatic rings. The molecule has 0 unspecified atom stereocenters. The van der Waals surface area contributed by atoms with Gasteiger partial charge in [-0.2, -0.15) is 0 Å². The first-order valence-corrected chi connectivity index (χ1v) is 6.63. The second-order valence-electron chi connectivity index (χ2n) is 4.99. The highest BCUT2D eigenvalue weighted by atomic mass is 16.2. The summed E-state index contributed by atoms with van der Waals surface area (Å²) in [6.07, 6.45) is 2.71. The van der Waals surface area contributed by atoms with Crippen LogP contribution in [0, 0.1) is 0 Å². The molecule has 18 heavy (non-hydrogen) atoms. The maximum absolute atomic E-state index is 12.3. The average molecular weight is 247 g/mol. The maximum atomic E-state index is 12.3. The molecule has 0 atom stereocenters. The molecule has 0 spiro atoms. The number of carbonyl (C=O) groups excluding carboxylic acids is 1. The monoisotopic (exact) mass is 247 g/mol. The first kappa shape index (κ1) is 13.0. The lowest BCUT2D eigenvalue weighted by Gasteiger charge is -2.24. The molecule has 0 aromatic carbocycles. The zero-order chi connectivity index (χ0) is 13.0. The summed E-state index contributed by atoms with van der Waals surface area (Å²) in [5.41, 5.74) is 0.551. The lowest BCUT2D eigenvalue weighted by Crippen LogP contribution is -2.37. The standard InChI is InChI=1S/C14H21N3O/c1-12(2)16-8-5-9-17(11-10-16)14(18)13-6-3-4-7-15-13/h3-4,6-7,12H,5,8-11H2,1-2H3. The Balaban J connectivity index is 2.00. The van der Waals surface area contributed by atoms with E-state index in [-0.39, 0.29) is 5.91 Å². The minimum absolute atomic E-state index is 0.0567. The van der Waals surface area contributed by atoms with E-state index in [0.29, 0.717) is 11.7 Å². The van der Waals surface area contributed by atoms with E-state index in [1.807, 2.05) is 17.0 Å². The van der Waals surface area contributed by atoms with Crippen molar-refractivity contribution in [3.63, 3.8) is 0 Å². The Kier molecular flexibility index (Phi) is 4.31. The van der Waals surface area contributed by atoms with E-state index in [2.05, 4.69) is 23.7 Å². The van der Waals surface area contributed by atoms with E-state index in [4.69, 9.17) is 0 Å². The van der Waals surface area contributed by atoms with Gasteiger partial charge in [0.15, 0.2) is 0 Å². The summed E-state index contributed by atoms with van der Waals surface area (Å²) in [7, 11) is 0. The van der Waals surface area contributed by atoms with Gasteiger partial charge < -0.3 is 4.90 Å². The zero-order valence-electron chi connectivity index (χ0n) is 11.2. The Labute approximate surface area is 109 Å². The Morgan fingerprint density at radius 1 is 1.22 bits per heavy atom. The number of rotatable bonds is 2. The predicted octanol–water partition coefficient (Wildman–Crippen LogP) is 1.64. The summed E-state index contributed by atoms with van der Waals surface area (Å²) in [6.45, 7) is 8.07. The van der Waals surface area contributed by atoms with Crippen molar-refractivity contribution >= 4 is 5.91 Å². The van der Waals surface area contributed by atoms with Crippen molar-refractivity contribution in [3.05, 3.63) is 30.1 Å². The van der Waals surface area contributed by atoms with Gasteiger partial charge in [-0.05, 0) is 32.4 Å². The van der Waals surface area contributed by atoms with Crippen LogP contribution in [0.2, 0.25) is 0 Å². The summed E-state index contributed by atoms with van der Waals surface area (Å²) in [6, 6.07) is 6.03. The fourth-order valence-electron chi connectivity index (χ4n) is 2.31. The van der Waals surface area contributed by atoms with E-state index in [1.54, 1.807) is 12.3 Å². The molecule has 0 aliphatic carbocycles. The minimum Gasteiger partial charge on any atom is -0.336 e. The molecule has 0 N–H and O–H groups in total. The van der Waals surface area contributed by atoms with Crippen LogP contribution in [0.4, 0.5) is 0 Å². The van der Waals surface area contributed by atoms with Crippen molar-refractivity contribution in [2.75, 3.05) is 26.2 Å². The zero-order valence-corrected chi connectivity index (χ0v) is 11.2. The van der Waals surface area contributed by atoms with Crippen LogP contribution in [0.5, 0.6) is 0 Å². The van der Waals surface area contributed by atoms with E-state index in [0.717, 1.165) is 32.6 Å². The van der Waals surface area contributed by atoms with Crippen molar-refractivity contribution in [2.45, 2.75) is 26.3 Å². The quantitative estimate of drug-likeness (QED) is 0.797. The number of hydrogen-bond donors (Lipinski definition) is 0. The highest BCUT2D eigenvalue weighted by molar-refractivity contribution is 5.92. The van der Waals surface area contributed by atoms with Gasteiger partial charge in [0.05, 0.1) is 0 Å². The number of amides is 1. The van der Waals surface area contributed by atoms with Crippen molar-refractivity contribution in [2.24, 2.45) is 0 Å². The number of pyridine rings is 1. The molecule has 98 valence electrons. The lowest BCUT2D eigenvalue weighted by atomic mass is 10.3. The number of nitrogens with zero attached hydrogens (tertiary/aromatic N) is 3. The molecular formula is C14H21N3O. The SMILES string of the molecule is CC(C)N1CCCN(C(=O)c2ccccn2)CC1. The molecule has 1 aliphatic rings. The van der Waals surface area contributed by atoms with Crippen LogP contribution < -0.4 is 0 Å². The molecule has 0 saturated carbocycles. The van der Waals surface area contributed by atoms with E-state index in [1.165, 1.54) is 0 Å². The lowest BCUT2D eigenvalue weighted by molar-refractivity contribution is 0.0753. The van der Waals surface area contributed by atoms with Crippen LogP contribution in [0.1, 0.15) is 30.8 Å². The van der Waals surface area contributed by atoms with Gasteiger partial charge >= 0.3 is 0 Å². The summed E-state index contributed by atoms with van der Waals surface area (Å²) in [5.74, 6) is 0.0567. The van der Waals surface area contributed by atoms with Gasteiger partial charge in [-0.3, -0.25) is 14.7 Å². The normalized spacial score (nSPS) is 17.8. The van der Waals surface area contributed by atoms with Crippen LogP contribution >= 0.6 is 0 Å². The van der Waals surface area contributed by atoms with Gasteiger partial charge in [-0.15, -0.1) is 0 Å².